The fourth-order valence-corrected chi connectivity index (χ4v) is 2.75. The Kier molecular flexibility index (Phi) is 4.58. The molecule has 22 heavy (non-hydrogen) atoms. The van der Waals surface area contributed by atoms with Gasteiger partial charge in [-0.3, -0.25) is 0 Å². The lowest BCUT2D eigenvalue weighted by Gasteiger charge is -1.96. The Labute approximate surface area is 133 Å². The number of H-pyrrole nitrogens is 1. The number of hydrogen-bond donors (Lipinski definition) is 1. The molecule has 0 fully saturated rings. The number of benzene rings is 1. The summed E-state index contributed by atoms with van der Waals surface area (Å²) in [5.74, 6) is 2.55. The van der Waals surface area contributed by atoms with Gasteiger partial charge in [0.15, 0.2) is 11.0 Å². The molecule has 0 saturated heterocycles. The lowest BCUT2D eigenvalue weighted by molar-refractivity contribution is 0.382. The fraction of sp³-hybridized carbons (Fsp3) is 0.312. The summed E-state index contributed by atoms with van der Waals surface area (Å²) in [5, 5.41) is 4.84. The molecule has 0 bridgehead atoms. The minimum absolute atomic E-state index is 0.525. The van der Waals surface area contributed by atoms with Crippen LogP contribution in [0.25, 0.3) is 11.3 Å². The lowest BCUT2D eigenvalue weighted by Crippen LogP contribution is -1.96. The minimum atomic E-state index is 0.525. The van der Waals surface area contributed by atoms with Crippen molar-refractivity contribution in [2.45, 2.75) is 31.2 Å². The van der Waals surface area contributed by atoms with Gasteiger partial charge in [-0.05, 0) is 11.5 Å². The van der Waals surface area contributed by atoms with Gasteiger partial charge in [-0.2, -0.15) is 4.98 Å². The molecular weight excluding hydrogens is 296 g/mol. The van der Waals surface area contributed by atoms with Gasteiger partial charge in [0, 0.05) is 6.42 Å². The van der Waals surface area contributed by atoms with E-state index in [0.29, 0.717) is 17.6 Å². The third kappa shape index (κ3) is 3.76. The number of aromatic nitrogens is 4. The Morgan fingerprint density at radius 1 is 1.23 bits per heavy atom. The number of aromatic amines is 1. The summed E-state index contributed by atoms with van der Waals surface area (Å²) in [6.45, 7) is 4.28. The van der Waals surface area contributed by atoms with E-state index in [2.05, 4.69) is 46.1 Å². The summed E-state index contributed by atoms with van der Waals surface area (Å²) in [6, 6.07) is 10.1. The maximum atomic E-state index is 5.26. The number of thioether (sulfide) groups is 1. The number of imidazole rings is 1. The zero-order chi connectivity index (χ0) is 15.4. The van der Waals surface area contributed by atoms with Crippen molar-refractivity contribution in [2.24, 2.45) is 5.92 Å². The molecule has 0 radical (unpaired) electrons. The first-order valence-corrected chi connectivity index (χ1v) is 8.24. The van der Waals surface area contributed by atoms with Crippen molar-refractivity contribution in [3.8, 4) is 11.3 Å². The molecule has 114 valence electrons. The standard InChI is InChI=1S/C16H18N4OS/c1-11(2)8-14-19-15(21-20-14)10-22-16-17-9-13(18-16)12-6-4-3-5-7-12/h3-7,9,11H,8,10H2,1-2H3,(H,17,18). The SMILES string of the molecule is CC(C)Cc1noc(CSc2ncc(-c3ccccc3)[nH]2)n1. The molecule has 0 saturated carbocycles. The van der Waals surface area contributed by atoms with E-state index in [9.17, 15) is 0 Å². The predicted octanol–water partition coefficient (Wildman–Crippen LogP) is 3.95. The van der Waals surface area contributed by atoms with Crippen molar-refractivity contribution >= 4 is 11.8 Å². The van der Waals surface area contributed by atoms with Crippen LogP contribution in [-0.4, -0.2) is 20.1 Å². The molecule has 0 atom stereocenters. The Bertz CT molecular complexity index is 721. The highest BCUT2D eigenvalue weighted by Gasteiger charge is 2.10. The summed E-state index contributed by atoms with van der Waals surface area (Å²) in [6.07, 6.45) is 2.68. The minimum Gasteiger partial charge on any atom is -0.338 e. The van der Waals surface area contributed by atoms with E-state index in [1.54, 1.807) is 11.8 Å². The maximum absolute atomic E-state index is 5.26. The lowest BCUT2D eigenvalue weighted by atomic mass is 10.1. The van der Waals surface area contributed by atoms with Crippen molar-refractivity contribution in [3.63, 3.8) is 0 Å². The van der Waals surface area contributed by atoms with E-state index in [1.165, 1.54) is 0 Å². The quantitative estimate of drug-likeness (QED) is 0.698. The van der Waals surface area contributed by atoms with Crippen LogP contribution in [-0.2, 0) is 12.2 Å². The Morgan fingerprint density at radius 2 is 2.05 bits per heavy atom. The number of hydrogen-bond acceptors (Lipinski definition) is 5. The van der Waals surface area contributed by atoms with Crippen molar-refractivity contribution in [2.75, 3.05) is 0 Å². The van der Waals surface area contributed by atoms with Gasteiger partial charge in [0.2, 0.25) is 5.89 Å². The highest BCUT2D eigenvalue weighted by molar-refractivity contribution is 7.98. The zero-order valence-corrected chi connectivity index (χ0v) is 13.4. The molecule has 0 spiro atoms. The molecule has 2 aromatic heterocycles. The van der Waals surface area contributed by atoms with Crippen molar-refractivity contribution in [1.29, 1.82) is 0 Å². The van der Waals surface area contributed by atoms with Crippen LogP contribution < -0.4 is 0 Å². The average molecular weight is 314 g/mol. The first-order valence-electron chi connectivity index (χ1n) is 7.25. The van der Waals surface area contributed by atoms with Gasteiger partial charge in [-0.25, -0.2) is 4.98 Å². The topological polar surface area (TPSA) is 67.6 Å². The first kappa shape index (κ1) is 14.8. The molecule has 1 aromatic carbocycles. The van der Waals surface area contributed by atoms with Crippen LogP contribution in [0.1, 0.15) is 25.6 Å². The van der Waals surface area contributed by atoms with Crippen molar-refractivity contribution < 1.29 is 4.52 Å². The molecule has 2 heterocycles. The summed E-state index contributed by atoms with van der Waals surface area (Å²) in [7, 11) is 0. The van der Waals surface area contributed by atoms with Crippen LogP contribution in [0.5, 0.6) is 0 Å². The molecular formula is C16H18N4OS. The summed E-state index contributed by atoms with van der Waals surface area (Å²) in [4.78, 5) is 12.1. The molecule has 0 aliphatic heterocycles. The van der Waals surface area contributed by atoms with Gasteiger partial charge in [0.1, 0.15) is 0 Å². The van der Waals surface area contributed by atoms with Crippen LogP contribution in [0, 0.1) is 5.92 Å². The van der Waals surface area contributed by atoms with E-state index in [4.69, 9.17) is 4.52 Å². The fourth-order valence-electron chi connectivity index (χ4n) is 2.07. The predicted molar refractivity (Wildman–Crippen MR) is 86.4 cm³/mol. The van der Waals surface area contributed by atoms with Crippen LogP contribution in [0.4, 0.5) is 0 Å². The molecule has 3 aromatic rings. The molecule has 0 aliphatic carbocycles. The highest BCUT2D eigenvalue weighted by Crippen LogP contribution is 2.23. The Hall–Kier alpha value is -2.08. The second-order valence-corrected chi connectivity index (χ2v) is 6.42. The van der Waals surface area contributed by atoms with Gasteiger partial charge < -0.3 is 9.51 Å². The molecule has 0 unspecified atom stereocenters. The first-order chi connectivity index (χ1) is 10.7. The molecule has 5 nitrogen and oxygen atoms in total. The highest BCUT2D eigenvalue weighted by atomic mass is 32.2. The number of nitrogens with one attached hydrogen (secondary N) is 1. The van der Waals surface area contributed by atoms with Gasteiger partial charge in [0.25, 0.3) is 0 Å². The van der Waals surface area contributed by atoms with E-state index in [-0.39, 0.29) is 0 Å². The van der Waals surface area contributed by atoms with Crippen LogP contribution in [0.3, 0.4) is 0 Å². The normalized spacial score (nSPS) is 11.2. The van der Waals surface area contributed by atoms with Gasteiger partial charge in [-0.15, -0.1) is 0 Å². The molecule has 0 amide bonds. The maximum Gasteiger partial charge on any atom is 0.237 e. The number of nitrogens with zero attached hydrogens (tertiary/aromatic N) is 3. The molecule has 0 aliphatic rings. The van der Waals surface area contributed by atoms with Gasteiger partial charge in [-0.1, -0.05) is 61.1 Å². The van der Waals surface area contributed by atoms with E-state index in [0.717, 1.165) is 28.7 Å². The zero-order valence-electron chi connectivity index (χ0n) is 12.6. The third-order valence-corrected chi connectivity index (χ3v) is 3.94. The smallest absolute Gasteiger partial charge is 0.237 e. The molecule has 1 N–H and O–H groups in total. The summed E-state index contributed by atoms with van der Waals surface area (Å²) in [5.41, 5.74) is 2.13. The Balaban J connectivity index is 1.60. The van der Waals surface area contributed by atoms with E-state index in [1.807, 2.05) is 24.4 Å². The monoisotopic (exact) mass is 314 g/mol. The average Bonchev–Trinajstić information content (AvgIpc) is 3.15. The largest absolute Gasteiger partial charge is 0.338 e. The number of rotatable bonds is 6. The van der Waals surface area contributed by atoms with Crippen LogP contribution in [0.15, 0.2) is 46.2 Å². The van der Waals surface area contributed by atoms with Gasteiger partial charge >= 0.3 is 0 Å². The van der Waals surface area contributed by atoms with Crippen LogP contribution >= 0.6 is 11.8 Å². The summed E-state index contributed by atoms with van der Waals surface area (Å²) < 4.78 is 5.26. The molecule has 6 heteroatoms. The third-order valence-electron chi connectivity index (χ3n) is 3.07. The van der Waals surface area contributed by atoms with E-state index < -0.39 is 0 Å². The van der Waals surface area contributed by atoms with Crippen molar-refractivity contribution in [3.05, 3.63) is 48.2 Å². The van der Waals surface area contributed by atoms with Crippen LogP contribution in [0.2, 0.25) is 0 Å². The Morgan fingerprint density at radius 3 is 2.82 bits per heavy atom. The second kappa shape index (κ2) is 6.79. The van der Waals surface area contributed by atoms with Crippen molar-refractivity contribution in [1.82, 2.24) is 20.1 Å². The molecule has 3 rings (SSSR count). The second-order valence-electron chi connectivity index (χ2n) is 5.46. The van der Waals surface area contributed by atoms with Gasteiger partial charge in [0.05, 0.1) is 17.6 Å². The van der Waals surface area contributed by atoms with E-state index >= 15 is 0 Å². The summed E-state index contributed by atoms with van der Waals surface area (Å²) >= 11 is 1.56.